The lowest BCUT2D eigenvalue weighted by Gasteiger charge is -2.39. The second-order valence-corrected chi connectivity index (χ2v) is 7.22. The second-order valence-electron chi connectivity index (χ2n) is 7.22. The molecule has 2 saturated heterocycles. The third kappa shape index (κ3) is 3.88. The molecule has 138 valence electrons. The topological polar surface area (TPSA) is 68.4 Å². The van der Waals surface area contributed by atoms with E-state index < -0.39 is 0 Å². The van der Waals surface area contributed by atoms with Gasteiger partial charge < -0.3 is 9.80 Å². The number of piperazine rings is 1. The summed E-state index contributed by atoms with van der Waals surface area (Å²) in [6.45, 7) is 6.93. The third-order valence-corrected chi connectivity index (χ3v) is 5.41. The van der Waals surface area contributed by atoms with E-state index in [1.54, 1.807) is 12.4 Å². The SMILES string of the molecule is O=C(c1cn[nH]c1)N1CCCC(CN2CCN(c3ccccn3)CC2)C1. The molecule has 4 rings (SSSR count). The molecule has 2 aromatic heterocycles. The van der Waals surface area contributed by atoms with Gasteiger partial charge in [0.2, 0.25) is 0 Å². The average Bonchev–Trinajstić information content (AvgIpc) is 3.24. The highest BCUT2D eigenvalue weighted by atomic mass is 16.2. The maximum absolute atomic E-state index is 12.5. The molecule has 7 heteroatoms. The van der Waals surface area contributed by atoms with Crippen molar-refractivity contribution in [2.75, 3.05) is 50.7 Å². The molecule has 0 saturated carbocycles. The maximum Gasteiger partial charge on any atom is 0.257 e. The van der Waals surface area contributed by atoms with Crippen LogP contribution in [0.15, 0.2) is 36.8 Å². The molecule has 1 amide bonds. The van der Waals surface area contributed by atoms with Gasteiger partial charge >= 0.3 is 0 Å². The zero-order chi connectivity index (χ0) is 17.8. The van der Waals surface area contributed by atoms with Gasteiger partial charge in [-0.1, -0.05) is 6.07 Å². The molecule has 4 heterocycles. The quantitative estimate of drug-likeness (QED) is 0.901. The molecule has 0 aromatic carbocycles. The van der Waals surface area contributed by atoms with Crippen molar-refractivity contribution in [1.29, 1.82) is 0 Å². The number of anilines is 1. The lowest BCUT2D eigenvalue weighted by molar-refractivity contribution is 0.0637. The monoisotopic (exact) mass is 354 g/mol. The molecular weight excluding hydrogens is 328 g/mol. The molecule has 0 spiro atoms. The van der Waals surface area contributed by atoms with Gasteiger partial charge in [-0.3, -0.25) is 14.8 Å². The Kier molecular flexibility index (Phi) is 5.15. The van der Waals surface area contributed by atoms with Crippen LogP contribution in [0.3, 0.4) is 0 Å². The summed E-state index contributed by atoms with van der Waals surface area (Å²) in [6.07, 6.45) is 7.44. The van der Waals surface area contributed by atoms with Crippen molar-refractivity contribution in [1.82, 2.24) is 25.0 Å². The smallest absolute Gasteiger partial charge is 0.257 e. The molecule has 2 aliphatic heterocycles. The van der Waals surface area contributed by atoms with Crippen LogP contribution in [-0.2, 0) is 0 Å². The predicted molar refractivity (Wildman–Crippen MR) is 100 cm³/mol. The van der Waals surface area contributed by atoms with E-state index in [0.29, 0.717) is 11.5 Å². The fourth-order valence-corrected chi connectivity index (χ4v) is 4.01. The number of aromatic amines is 1. The number of pyridine rings is 1. The predicted octanol–water partition coefficient (Wildman–Crippen LogP) is 1.48. The first-order valence-corrected chi connectivity index (χ1v) is 9.46. The van der Waals surface area contributed by atoms with Crippen molar-refractivity contribution in [3.8, 4) is 0 Å². The molecule has 1 unspecified atom stereocenters. The molecule has 2 aliphatic rings. The van der Waals surface area contributed by atoms with Crippen LogP contribution in [0.5, 0.6) is 0 Å². The number of nitrogens with zero attached hydrogens (tertiary/aromatic N) is 5. The summed E-state index contributed by atoms with van der Waals surface area (Å²) in [6, 6.07) is 6.08. The van der Waals surface area contributed by atoms with Gasteiger partial charge in [0, 0.05) is 58.2 Å². The summed E-state index contributed by atoms with van der Waals surface area (Å²) >= 11 is 0. The second kappa shape index (κ2) is 7.86. The van der Waals surface area contributed by atoms with Crippen LogP contribution in [0.25, 0.3) is 0 Å². The number of nitrogens with one attached hydrogen (secondary N) is 1. The molecule has 0 aliphatic carbocycles. The molecule has 2 fully saturated rings. The van der Waals surface area contributed by atoms with Gasteiger partial charge in [0.25, 0.3) is 5.91 Å². The first kappa shape index (κ1) is 17.0. The Hall–Kier alpha value is -2.41. The van der Waals surface area contributed by atoms with Crippen LogP contribution in [0, 0.1) is 5.92 Å². The van der Waals surface area contributed by atoms with Crippen molar-refractivity contribution >= 4 is 11.7 Å². The number of hydrogen-bond donors (Lipinski definition) is 1. The Morgan fingerprint density at radius 3 is 2.81 bits per heavy atom. The van der Waals surface area contributed by atoms with Crippen molar-refractivity contribution < 1.29 is 4.79 Å². The van der Waals surface area contributed by atoms with E-state index in [2.05, 4.69) is 31.0 Å². The van der Waals surface area contributed by atoms with Crippen LogP contribution in [0.2, 0.25) is 0 Å². The summed E-state index contributed by atoms with van der Waals surface area (Å²) < 4.78 is 0. The van der Waals surface area contributed by atoms with Gasteiger partial charge in [-0.2, -0.15) is 5.10 Å². The lowest BCUT2D eigenvalue weighted by atomic mass is 9.96. The zero-order valence-corrected chi connectivity index (χ0v) is 15.0. The van der Waals surface area contributed by atoms with Gasteiger partial charge in [0.1, 0.15) is 5.82 Å². The minimum atomic E-state index is 0.100. The Labute approximate surface area is 154 Å². The number of carbonyl (C=O) groups is 1. The summed E-state index contributed by atoms with van der Waals surface area (Å²) in [5.41, 5.74) is 0.662. The van der Waals surface area contributed by atoms with Crippen LogP contribution in [0.4, 0.5) is 5.82 Å². The first-order valence-electron chi connectivity index (χ1n) is 9.46. The number of piperidine rings is 1. The fraction of sp³-hybridized carbons (Fsp3) is 0.526. The molecule has 1 atom stereocenters. The summed E-state index contributed by atoms with van der Waals surface area (Å²) in [5, 5.41) is 6.62. The van der Waals surface area contributed by atoms with Crippen molar-refractivity contribution in [3.63, 3.8) is 0 Å². The van der Waals surface area contributed by atoms with Gasteiger partial charge in [0.15, 0.2) is 0 Å². The number of H-pyrrole nitrogens is 1. The fourth-order valence-electron chi connectivity index (χ4n) is 4.01. The zero-order valence-electron chi connectivity index (χ0n) is 15.0. The largest absolute Gasteiger partial charge is 0.354 e. The third-order valence-electron chi connectivity index (χ3n) is 5.41. The highest BCUT2D eigenvalue weighted by molar-refractivity contribution is 5.93. The maximum atomic E-state index is 12.5. The Bertz CT molecular complexity index is 696. The average molecular weight is 354 g/mol. The molecule has 26 heavy (non-hydrogen) atoms. The van der Waals surface area contributed by atoms with Gasteiger partial charge in [0.05, 0.1) is 11.8 Å². The Morgan fingerprint density at radius 2 is 2.08 bits per heavy atom. The highest BCUT2D eigenvalue weighted by Crippen LogP contribution is 2.21. The van der Waals surface area contributed by atoms with Crippen molar-refractivity contribution in [2.45, 2.75) is 12.8 Å². The number of hydrogen-bond acceptors (Lipinski definition) is 5. The van der Waals surface area contributed by atoms with E-state index in [0.717, 1.165) is 58.1 Å². The standard InChI is InChI=1S/C19H26N6O/c26-19(17-12-21-22-13-17)25-7-3-4-16(15-25)14-23-8-10-24(11-9-23)18-5-1-2-6-20-18/h1-2,5-6,12-13,16H,3-4,7-11,14-15H2,(H,21,22). The normalized spacial score (nSPS) is 21.8. The Balaban J connectivity index is 1.27. The minimum absolute atomic E-state index is 0.100. The van der Waals surface area contributed by atoms with Gasteiger partial charge in [-0.25, -0.2) is 4.98 Å². The molecule has 7 nitrogen and oxygen atoms in total. The van der Waals surface area contributed by atoms with E-state index in [1.807, 2.05) is 23.2 Å². The van der Waals surface area contributed by atoms with Crippen LogP contribution >= 0.6 is 0 Å². The molecular formula is C19H26N6O. The number of carbonyl (C=O) groups excluding carboxylic acids is 1. The van der Waals surface area contributed by atoms with Crippen LogP contribution in [-0.4, -0.2) is 76.7 Å². The van der Waals surface area contributed by atoms with E-state index in [-0.39, 0.29) is 5.91 Å². The number of likely N-dealkylation sites (tertiary alicyclic amines) is 1. The Morgan fingerprint density at radius 1 is 1.19 bits per heavy atom. The van der Waals surface area contributed by atoms with E-state index >= 15 is 0 Å². The highest BCUT2D eigenvalue weighted by Gasteiger charge is 2.27. The first-order chi connectivity index (χ1) is 12.8. The van der Waals surface area contributed by atoms with Crippen LogP contribution < -0.4 is 4.90 Å². The number of aromatic nitrogens is 3. The molecule has 0 bridgehead atoms. The van der Waals surface area contributed by atoms with Crippen molar-refractivity contribution in [3.05, 3.63) is 42.4 Å². The summed E-state index contributed by atoms with van der Waals surface area (Å²) in [5.74, 6) is 1.73. The van der Waals surface area contributed by atoms with Crippen LogP contribution in [0.1, 0.15) is 23.2 Å². The minimum Gasteiger partial charge on any atom is -0.354 e. The summed E-state index contributed by atoms with van der Waals surface area (Å²) in [7, 11) is 0. The molecule has 1 N–H and O–H groups in total. The van der Waals surface area contributed by atoms with Gasteiger partial charge in [-0.05, 0) is 30.9 Å². The van der Waals surface area contributed by atoms with E-state index in [4.69, 9.17) is 0 Å². The molecule has 0 radical (unpaired) electrons. The van der Waals surface area contributed by atoms with Gasteiger partial charge in [-0.15, -0.1) is 0 Å². The number of rotatable bonds is 4. The van der Waals surface area contributed by atoms with E-state index in [9.17, 15) is 4.79 Å². The van der Waals surface area contributed by atoms with E-state index in [1.165, 1.54) is 6.42 Å². The molecule has 2 aromatic rings. The number of amides is 1. The van der Waals surface area contributed by atoms with Crippen molar-refractivity contribution in [2.24, 2.45) is 5.92 Å². The summed E-state index contributed by atoms with van der Waals surface area (Å²) in [4.78, 5) is 23.9. The lowest BCUT2D eigenvalue weighted by Crippen LogP contribution is -2.50.